The summed E-state index contributed by atoms with van der Waals surface area (Å²) in [6, 6.07) is 9.45. The van der Waals surface area contributed by atoms with E-state index in [1.165, 1.54) is 11.1 Å². The molecule has 0 amide bonds. The minimum Gasteiger partial charge on any atom is -0.314 e. The monoisotopic (exact) mass is 247 g/mol. The van der Waals surface area contributed by atoms with Crippen molar-refractivity contribution in [2.45, 2.75) is 13.0 Å². The lowest BCUT2D eigenvalue weighted by Crippen LogP contribution is -2.46. The van der Waals surface area contributed by atoms with Crippen molar-refractivity contribution < 1.29 is 0 Å². The van der Waals surface area contributed by atoms with Crippen LogP contribution in [0.15, 0.2) is 24.3 Å². The summed E-state index contributed by atoms with van der Waals surface area (Å²) in [6.07, 6.45) is 0. The molecule has 1 aliphatic rings. The second-order valence-electron chi connectivity index (χ2n) is 5.44. The van der Waals surface area contributed by atoms with Crippen LogP contribution >= 0.6 is 0 Å². The van der Waals surface area contributed by atoms with E-state index in [1.54, 1.807) is 0 Å². The Labute approximate surface area is 111 Å². The molecule has 1 N–H and O–H groups in total. The average molecular weight is 247 g/mol. The molecular weight excluding hydrogens is 222 g/mol. The van der Waals surface area contributed by atoms with E-state index in [1.807, 2.05) is 0 Å². The molecule has 0 aromatic heterocycles. The van der Waals surface area contributed by atoms with Gasteiger partial charge in [0.2, 0.25) is 0 Å². The van der Waals surface area contributed by atoms with Crippen molar-refractivity contribution in [1.82, 2.24) is 15.1 Å². The van der Waals surface area contributed by atoms with E-state index in [9.17, 15) is 0 Å². The largest absolute Gasteiger partial charge is 0.314 e. The molecule has 0 saturated carbocycles. The van der Waals surface area contributed by atoms with Crippen LogP contribution in [0.1, 0.15) is 17.2 Å². The number of benzene rings is 1. The van der Waals surface area contributed by atoms with E-state index in [0.29, 0.717) is 6.04 Å². The summed E-state index contributed by atoms with van der Waals surface area (Å²) >= 11 is 0. The standard InChI is InChI=1S/C15H25N3/c1-13-4-6-14(7-5-13)15(17(2)3)12-18-10-8-16-9-11-18/h4-7,15-16H,8-12H2,1-3H3. The van der Waals surface area contributed by atoms with Crippen LogP contribution in [0.4, 0.5) is 0 Å². The van der Waals surface area contributed by atoms with Crippen LogP contribution in [-0.2, 0) is 0 Å². The van der Waals surface area contributed by atoms with Crippen molar-refractivity contribution >= 4 is 0 Å². The molecule has 0 bridgehead atoms. The Morgan fingerprint density at radius 1 is 1.17 bits per heavy atom. The SMILES string of the molecule is Cc1ccc(C(CN2CCNCC2)N(C)C)cc1. The Morgan fingerprint density at radius 2 is 1.78 bits per heavy atom. The smallest absolute Gasteiger partial charge is 0.0469 e. The normalized spacial score (nSPS) is 19.1. The third-order valence-corrected chi connectivity index (χ3v) is 3.73. The lowest BCUT2D eigenvalue weighted by atomic mass is 10.0. The van der Waals surface area contributed by atoms with Gasteiger partial charge in [-0.1, -0.05) is 29.8 Å². The number of hydrogen-bond acceptors (Lipinski definition) is 3. The fourth-order valence-electron chi connectivity index (χ4n) is 2.49. The highest BCUT2D eigenvalue weighted by Gasteiger charge is 2.19. The highest BCUT2D eigenvalue weighted by Crippen LogP contribution is 2.20. The first-order valence-electron chi connectivity index (χ1n) is 6.83. The molecule has 100 valence electrons. The quantitative estimate of drug-likeness (QED) is 0.870. The van der Waals surface area contributed by atoms with Crippen LogP contribution in [0.5, 0.6) is 0 Å². The molecule has 1 unspecified atom stereocenters. The molecule has 3 heteroatoms. The van der Waals surface area contributed by atoms with Gasteiger partial charge in [0.15, 0.2) is 0 Å². The average Bonchev–Trinajstić information content (AvgIpc) is 2.38. The molecular formula is C15H25N3. The third-order valence-electron chi connectivity index (χ3n) is 3.73. The Hall–Kier alpha value is -0.900. The zero-order chi connectivity index (χ0) is 13.0. The molecule has 1 fully saturated rings. The predicted molar refractivity (Wildman–Crippen MR) is 76.9 cm³/mol. The first kappa shape index (κ1) is 13.5. The maximum Gasteiger partial charge on any atom is 0.0469 e. The van der Waals surface area contributed by atoms with E-state index in [-0.39, 0.29) is 0 Å². The van der Waals surface area contributed by atoms with E-state index in [2.05, 4.69) is 60.4 Å². The summed E-state index contributed by atoms with van der Waals surface area (Å²) in [5.41, 5.74) is 2.75. The first-order valence-corrected chi connectivity index (χ1v) is 6.83. The zero-order valence-electron chi connectivity index (χ0n) is 11.8. The molecule has 1 aliphatic heterocycles. The number of hydrogen-bond donors (Lipinski definition) is 1. The maximum absolute atomic E-state index is 3.41. The van der Waals surface area contributed by atoms with Crippen molar-refractivity contribution in [3.05, 3.63) is 35.4 Å². The van der Waals surface area contributed by atoms with Gasteiger partial charge in [0, 0.05) is 38.8 Å². The van der Waals surface area contributed by atoms with Crippen molar-refractivity contribution in [1.29, 1.82) is 0 Å². The van der Waals surface area contributed by atoms with E-state index < -0.39 is 0 Å². The summed E-state index contributed by atoms with van der Waals surface area (Å²) < 4.78 is 0. The van der Waals surface area contributed by atoms with Crippen LogP contribution in [0.25, 0.3) is 0 Å². The highest BCUT2D eigenvalue weighted by molar-refractivity contribution is 5.24. The van der Waals surface area contributed by atoms with Crippen LogP contribution in [0, 0.1) is 6.92 Å². The molecule has 1 aromatic rings. The molecule has 2 rings (SSSR count). The van der Waals surface area contributed by atoms with E-state index in [4.69, 9.17) is 0 Å². The van der Waals surface area contributed by atoms with Gasteiger partial charge in [0.05, 0.1) is 0 Å². The van der Waals surface area contributed by atoms with Gasteiger partial charge >= 0.3 is 0 Å². The Balaban J connectivity index is 2.05. The topological polar surface area (TPSA) is 18.5 Å². The van der Waals surface area contributed by atoms with E-state index >= 15 is 0 Å². The second kappa shape index (κ2) is 6.32. The Morgan fingerprint density at radius 3 is 2.33 bits per heavy atom. The number of likely N-dealkylation sites (N-methyl/N-ethyl adjacent to an activating group) is 1. The molecule has 1 saturated heterocycles. The molecule has 0 radical (unpaired) electrons. The van der Waals surface area contributed by atoms with Gasteiger partial charge in [-0.05, 0) is 26.6 Å². The van der Waals surface area contributed by atoms with Crippen molar-refractivity contribution in [2.24, 2.45) is 0 Å². The van der Waals surface area contributed by atoms with E-state index in [0.717, 1.165) is 32.7 Å². The van der Waals surface area contributed by atoms with Crippen LogP contribution in [-0.4, -0.2) is 56.6 Å². The number of piperazine rings is 1. The van der Waals surface area contributed by atoms with Crippen LogP contribution in [0.3, 0.4) is 0 Å². The second-order valence-corrected chi connectivity index (χ2v) is 5.44. The molecule has 1 atom stereocenters. The lowest BCUT2D eigenvalue weighted by Gasteiger charge is -2.34. The minimum absolute atomic E-state index is 0.490. The first-order chi connectivity index (χ1) is 8.66. The molecule has 0 aliphatic carbocycles. The summed E-state index contributed by atoms with van der Waals surface area (Å²) in [4.78, 5) is 4.88. The van der Waals surface area contributed by atoms with Gasteiger partial charge in [0.1, 0.15) is 0 Å². The zero-order valence-corrected chi connectivity index (χ0v) is 11.8. The van der Waals surface area contributed by atoms with Crippen LogP contribution in [0.2, 0.25) is 0 Å². The van der Waals surface area contributed by atoms with Gasteiger partial charge in [0.25, 0.3) is 0 Å². The lowest BCUT2D eigenvalue weighted by molar-refractivity contribution is 0.168. The van der Waals surface area contributed by atoms with Gasteiger partial charge in [-0.2, -0.15) is 0 Å². The van der Waals surface area contributed by atoms with Crippen molar-refractivity contribution in [2.75, 3.05) is 46.8 Å². The molecule has 18 heavy (non-hydrogen) atoms. The molecule has 0 spiro atoms. The summed E-state index contributed by atoms with van der Waals surface area (Å²) in [5, 5.41) is 3.41. The molecule has 3 nitrogen and oxygen atoms in total. The number of rotatable bonds is 4. The number of aryl methyl sites for hydroxylation is 1. The summed E-state index contributed by atoms with van der Waals surface area (Å²) in [7, 11) is 4.35. The van der Waals surface area contributed by atoms with Crippen LogP contribution < -0.4 is 5.32 Å². The molecule has 1 aromatic carbocycles. The number of nitrogens with one attached hydrogen (secondary N) is 1. The minimum atomic E-state index is 0.490. The summed E-state index contributed by atoms with van der Waals surface area (Å²) in [6.45, 7) is 7.83. The fourth-order valence-corrected chi connectivity index (χ4v) is 2.49. The maximum atomic E-state index is 3.41. The van der Waals surface area contributed by atoms with Gasteiger partial charge in [-0.25, -0.2) is 0 Å². The van der Waals surface area contributed by atoms with Gasteiger partial charge in [-0.3, -0.25) is 4.90 Å². The van der Waals surface area contributed by atoms with Crippen molar-refractivity contribution in [3.63, 3.8) is 0 Å². The summed E-state index contributed by atoms with van der Waals surface area (Å²) in [5.74, 6) is 0. The number of nitrogens with zero attached hydrogens (tertiary/aromatic N) is 2. The Kier molecular flexibility index (Phi) is 4.75. The highest BCUT2D eigenvalue weighted by atomic mass is 15.2. The predicted octanol–water partition coefficient (Wildman–Crippen LogP) is 1.50. The van der Waals surface area contributed by atoms with Gasteiger partial charge in [-0.15, -0.1) is 0 Å². The van der Waals surface area contributed by atoms with Crippen molar-refractivity contribution in [3.8, 4) is 0 Å². The Bertz CT molecular complexity index is 353. The fraction of sp³-hybridized carbons (Fsp3) is 0.600. The third kappa shape index (κ3) is 3.55. The molecule has 1 heterocycles. The van der Waals surface area contributed by atoms with Gasteiger partial charge < -0.3 is 10.2 Å².